The molecule has 0 radical (unpaired) electrons. The molecule has 0 amide bonds. The number of nitrogens with zero attached hydrogens (tertiary/aromatic N) is 3. The maximum atomic E-state index is 13.5. The summed E-state index contributed by atoms with van der Waals surface area (Å²) in [6.07, 6.45) is 6.62. The highest BCUT2D eigenvalue weighted by Crippen LogP contribution is 2.51. The second-order valence-electron chi connectivity index (χ2n) is 9.13. The number of sulfone groups is 1. The molecule has 0 bridgehead atoms. The van der Waals surface area contributed by atoms with Crippen molar-refractivity contribution in [1.82, 2.24) is 20.3 Å². The molecule has 3 aliphatic rings. The fraction of sp³-hybridized carbons (Fsp3) is 0.364. The molecule has 1 spiro atoms. The Hall–Kier alpha value is -3.14. The second kappa shape index (κ2) is 6.22. The van der Waals surface area contributed by atoms with Crippen molar-refractivity contribution >= 4 is 38.2 Å². The van der Waals surface area contributed by atoms with Gasteiger partial charge in [-0.1, -0.05) is 0 Å². The Balaban J connectivity index is 1.35. The monoisotopic (exact) mass is 452 g/mol. The molecule has 1 saturated heterocycles. The molecule has 3 aromatic rings. The van der Waals surface area contributed by atoms with Crippen molar-refractivity contribution in [2.24, 2.45) is 5.92 Å². The van der Waals surface area contributed by atoms with Crippen LogP contribution in [0.4, 0.5) is 15.9 Å². The van der Waals surface area contributed by atoms with Gasteiger partial charge in [0.15, 0.2) is 9.84 Å². The first-order chi connectivity index (χ1) is 15.2. The van der Waals surface area contributed by atoms with Gasteiger partial charge >= 0.3 is 0 Å². The second-order valence-corrected chi connectivity index (χ2v) is 11.5. The van der Waals surface area contributed by atoms with E-state index in [2.05, 4.69) is 25.6 Å². The fourth-order valence-electron chi connectivity index (χ4n) is 5.06. The van der Waals surface area contributed by atoms with Crippen molar-refractivity contribution in [3.63, 3.8) is 0 Å². The standard InChI is InChI=1S/C22H21FN6O2S/c1-21(13-2-3-13)20(24)29-22(11-32(21,30)31)8-12-9-26-18(7-15(12)22)28-16-4-5-25-17-6-14(23)10-27-19(16)17/h4-7,9-10,13H,2-3,8,11H2,1H3,(H2,24,29)(H,25,26,28)/t21-,22-/m0/s1. The lowest BCUT2D eigenvalue weighted by Gasteiger charge is -2.52. The Labute approximate surface area is 184 Å². The number of nitrogens with one attached hydrogen (secondary N) is 3. The SMILES string of the molecule is C[C@]1(C2CC2)C(=N)N[C@@]2(Cc3cnc(Nc4ccnc5cc(F)cnc45)cc32)CS1(=O)=O. The maximum Gasteiger partial charge on any atom is 0.165 e. The van der Waals surface area contributed by atoms with Gasteiger partial charge in [0.05, 0.1) is 28.7 Å². The number of aromatic nitrogens is 3. The van der Waals surface area contributed by atoms with E-state index in [0.717, 1.165) is 30.2 Å². The summed E-state index contributed by atoms with van der Waals surface area (Å²) in [6, 6.07) is 4.86. The van der Waals surface area contributed by atoms with Crippen LogP contribution >= 0.6 is 0 Å². The molecule has 1 saturated carbocycles. The molecular formula is C22H21FN6O2S. The molecule has 2 aliphatic carbocycles. The molecule has 0 aromatic carbocycles. The summed E-state index contributed by atoms with van der Waals surface area (Å²) >= 11 is 0. The zero-order chi connectivity index (χ0) is 22.3. The van der Waals surface area contributed by atoms with Crippen molar-refractivity contribution in [1.29, 1.82) is 5.41 Å². The lowest BCUT2D eigenvalue weighted by atomic mass is 9.72. The molecule has 0 unspecified atom stereocenters. The predicted molar refractivity (Wildman–Crippen MR) is 118 cm³/mol. The van der Waals surface area contributed by atoms with Gasteiger partial charge in [-0.25, -0.2) is 22.8 Å². The number of halogens is 1. The van der Waals surface area contributed by atoms with Crippen molar-refractivity contribution < 1.29 is 12.8 Å². The fourth-order valence-corrected chi connectivity index (χ4v) is 7.44. The van der Waals surface area contributed by atoms with Crippen molar-refractivity contribution in [2.45, 2.75) is 36.5 Å². The Morgan fingerprint density at radius 1 is 1.22 bits per heavy atom. The number of hydrogen-bond donors (Lipinski definition) is 3. The van der Waals surface area contributed by atoms with E-state index in [0.29, 0.717) is 29.0 Å². The molecule has 8 nitrogen and oxygen atoms in total. The summed E-state index contributed by atoms with van der Waals surface area (Å²) in [5.41, 5.74) is 2.53. The van der Waals surface area contributed by atoms with Crippen LogP contribution in [0, 0.1) is 17.1 Å². The highest BCUT2D eigenvalue weighted by Gasteiger charge is 2.62. The Morgan fingerprint density at radius 2 is 2.03 bits per heavy atom. The molecule has 4 heterocycles. The van der Waals surface area contributed by atoms with E-state index in [9.17, 15) is 12.8 Å². The summed E-state index contributed by atoms with van der Waals surface area (Å²) in [6.45, 7) is 1.69. The molecule has 32 heavy (non-hydrogen) atoms. The van der Waals surface area contributed by atoms with Gasteiger partial charge in [-0.3, -0.25) is 10.4 Å². The number of fused-ring (bicyclic) bond motifs is 3. The lowest BCUT2D eigenvalue weighted by molar-refractivity contribution is 0.349. The zero-order valence-electron chi connectivity index (χ0n) is 17.3. The van der Waals surface area contributed by atoms with E-state index in [1.54, 1.807) is 25.4 Å². The highest BCUT2D eigenvalue weighted by atomic mass is 32.2. The zero-order valence-corrected chi connectivity index (χ0v) is 18.1. The molecule has 3 N–H and O–H groups in total. The normalized spacial score (nSPS) is 28.1. The number of rotatable bonds is 3. The van der Waals surface area contributed by atoms with Crippen LogP contribution in [0.5, 0.6) is 0 Å². The first kappa shape index (κ1) is 19.5. The van der Waals surface area contributed by atoms with Crippen LogP contribution < -0.4 is 10.6 Å². The van der Waals surface area contributed by atoms with E-state index in [1.807, 2.05) is 6.07 Å². The topological polar surface area (TPSA) is 121 Å². The van der Waals surface area contributed by atoms with Crippen LogP contribution in [0.2, 0.25) is 0 Å². The number of hydrogen-bond acceptors (Lipinski definition) is 7. The van der Waals surface area contributed by atoms with E-state index < -0.39 is 25.9 Å². The minimum absolute atomic E-state index is 0.0244. The third-order valence-electron chi connectivity index (χ3n) is 7.10. The van der Waals surface area contributed by atoms with Crippen molar-refractivity contribution in [2.75, 3.05) is 11.1 Å². The summed E-state index contributed by atoms with van der Waals surface area (Å²) in [5, 5.41) is 15.0. The molecule has 2 atom stereocenters. The van der Waals surface area contributed by atoms with Gasteiger partial charge in [0.1, 0.15) is 27.7 Å². The first-order valence-electron chi connectivity index (χ1n) is 10.5. The smallest absolute Gasteiger partial charge is 0.165 e. The predicted octanol–water partition coefficient (Wildman–Crippen LogP) is 2.82. The first-order valence-corrected chi connectivity index (χ1v) is 12.1. The van der Waals surface area contributed by atoms with Gasteiger partial charge in [0, 0.05) is 24.9 Å². The van der Waals surface area contributed by atoms with Gasteiger partial charge in [-0.15, -0.1) is 0 Å². The Bertz CT molecular complexity index is 1420. The summed E-state index contributed by atoms with van der Waals surface area (Å²) in [4.78, 5) is 12.7. The van der Waals surface area contributed by atoms with Crippen LogP contribution in [0.1, 0.15) is 30.9 Å². The molecule has 2 fully saturated rings. The summed E-state index contributed by atoms with van der Waals surface area (Å²) < 4.78 is 39.0. The average Bonchev–Trinajstić information content (AvgIpc) is 3.58. The van der Waals surface area contributed by atoms with E-state index in [1.165, 1.54) is 6.07 Å². The van der Waals surface area contributed by atoms with Crippen LogP contribution in [0.15, 0.2) is 36.8 Å². The molecule has 1 aliphatic heterocycles. The summed E-state index contributed by atoms with van der Waals surface area (Å²) in [7, 11) is -3.51. The van der Waals surface area contributed by atoms with Crippen LogP contribution in [0.25, 0.3) is 11.0 Å². The largest absolute Gasteiger partial charge is 0.362 e. The van der Waals surface area contributed by atoms with Gasteiger partial charge in [0.2, 0.25) is 0 Å². The van der Waals surface area contributed by atoms with Crippen molar-refractivity contribution in [3.8, 4) is 0 Å². The third kappa shape index (κ3) is 2.62. The maximum absolute atomic E-state index is 13.5. The lowest BCUT2D eigenvalue weighted by Crippen LogP contribution is -2.70. The number of anilines is 2. The number of amidine groups is 1. The van der Waals surface area contributed by atoms with Crippen molar-refractivity contribution in [3.05, 3.63) is 53.7 Å². The summed E-state index contributed by atoms with van der Waals surface area (Å²) in [5.74, 6) is 0.132. The highest BCUT2D eigenvalue weighted by molar-refractivity contribution is 7.93. The number of pyridine rings is 3. The third-order valence-corrected chi connectivity index (χ3v) is 9.80. The van der Waals surface area contributed by atoms with Gasteiger partial charge < -0.3 is 10.6 Å². The molecular weight excluding hydrogens is 431 g/mol. The quantitative estimate of drug-likeness (QED) is 0.559. The van der Waals surface area contributed by atoms with E-state index >= 15 is 0 Å². The van der Waals surface area contributed by atoms with E-state index in [-0.39, 0.29) is 17.5 Å². The Morgan fingerprint density at radius 3 is 2.78 bits per heavy atom. The van der Waals surface area contributed by atoms with E-state index in [4.69, 9.17) is 5.41 Å². The van der Waals surface area contributed by atoms with Gasteiger partial charge in [0.25, 0.3) is 0 Å². The van der Waals surface area contributed by atoms with Gasteiger partial charge in [-0.05, 0) is 48.9 Å². The minimum atomic E-state index is -3.51. The molecule has 6 rings (SSSR count). The molecule has 164 valence electrons. The van der Waals surface area contributed by atoms with Crippen LogP contribution in [0.3, 0.4) is 0 Å². The average molecular weight is 453 g/mol. The molecule has 10 heteroatoms. The molecule has 3 aromatic heterocycles. The van der Waals surface area contributed by atoms with Crippen LogP contribution in [-0.4, -0.2) is 39.7 Å². The minimum Gasteiger partial charge on any atom is -0.362 e. The Kier molecular flexibility index (Phi) is 3.80. The van der Waals surface area contributed by atoms with Gasteiger partial charge in [-0.2, -0.15) is 0 Å². The van der Waals surface area contributed by atoms with Crippen LogP contribution in [-0.2, 0) is 21.8 Å².